The number of aliphatic carboxylic acids is 1. The molecule has 0 aliphatic heterocycles. The van der Waals surface area contributed by atoms with Crippen LogP contribution in [0, 0.1) is 6.92 Å². The van der Waals surface area contributed by atoms with Gasteiger partial charge < -0.3 is 25.1 Å². The van der Waals surface area contributed by atoms with E-state index in [0.717, 1.165) is 64.9 Å². The highest BCUT2D eigenvalue weighted by Gasteiger charge is 2.38. The average Bonchev–Trinajstić information content (AvgIpc) is 3.61. The zero-order chi connectivity index (χ0) is 33.1. The van der Waals surface area contributed by atoms with Gasteiger partial charge in [-0.15, -0.1) is 0 Å². The quantitative estimate of drug-likeness (QED) is 0.111. The lowest BCUT2D eigenvalue weighted by molar-refractivity contribution is -0.192. The smallest absolute Gasteiger partial charge is 0.490 e. The number of H-pyrrole nitrogens is 2. The molecule has 0 bridgehead atoms. The second-order valence-electron chi connectivity index (χ2n) is 10.4. The fourth-order valence-electron chi connectivity index (χ4n) is 4.71. The maximum Gasteiger partial charge on any atom is 0.490 e. The molecule has 4 rings (SSSR count). The second kappa shape index (κ2) is 16.1. The summed E-state index contributed by atoms with van der Waals surface area (Å²) in [5, 5.41) is 12.0. The van der Waals surface area contributed by atoms with Gasteiger partial charge in [0.25, 0.3) is 0 Å². The first-order valence-electron chi connectivity index (χ1n) is 14.4. The molecule has 0 unspecified atom stereocenters. The first-order chi connectivity index (χ1) is 21.3. The van der Waals surface area contributed by atoms with E-state index < -0.39 is 12.1 Å². The summed E-state index contributed by atoms with van der Waals surface area (Å²) in [6, 6.07) is 13.1. The summed E-state index contributed by atoms with van der Waals surface area (Å²) in [4.78, 5) is 45.2. The largest absolute Gasteiger partial charge is 0.497 e. The van der Waals surface area contributed by atoms with Crippen LogP contribution in [0.2, 0.25) is 5.02 Å². The third-order valence-electron chi connectivity index (χ3n) is 7.17. The van der Waals surface area contributed by atoms with Gasteiger partial charge in [0.1, 0.15) is 17.4 Å². The van der Waals surface area contributed by atoms with Crippen molar-refractivity contribution in [3.8, 4) is 17.0 Å². The van der Waals surface area contributed by atoms with Crippen molar-refractivity contribution in [3.05, 3.63) is 70.8 Å². The van der Waals surface area contributed by atoms with Crippen LogP contribution in [-0.4, -0.2) is 51.0 Å². The van der Waals surface area contributed by atoms with Gasteiger partial charge in [-0.2, -0.15) is 13.2 Å². The Bertz CT molecular complexity index is 1600. The lowest BCUT2D eigenvalue weighted by Gasteiger charge is -2.17. The van der Waals surface area contributed by atoms with E-state index in [0.29, 0.717) is 29.5 Å². The number of fused-ring (bicyclic) bond motifs is 1. The molecule has 2 heterocycles. The summed E-state index contributed by atoms with van der Waals surface area (Å²) in [6.45, 7) is 3.88. The molecule has 1 atom stereocenters. The SMILES string of the molecule is CCC(=O)CCCCC[C@H](NC(=O)Cc1c(C)[nH]c2ccc(OC)cc12)c1ncc(-c2ccc(Cl)cc2)[nH]1.O=C(O)C(F)(F)F. The molecule has 9 nitrogen and oxygen atoms in total. The van der Waals surface area contributed by atoms with E-state index in [9.17, 15) is 22.8 Å². The number of benzene rings is 2. The molecule has 242 valence electrons. The molecule has 45 heavy (non-hydrogen) atoms. The molecule has 4 aromatic rings. The van der Waals surface area contributed by atoms with Crippen molar-refractivity contribution in [1.29, 1.82) is 0 Å². The topological polar surface area (TPSA) is 137 Å². The molecule has 2 aromatic heterocycles. The van der Waals surface area contributed by atoms with Crippen molar-refractivity contribution < 1.29 is 37.4 Å². The Kier molecular flexibility index (Phi) is 12.6. The van der Waals surface area contributed by atoms with Gasteiger partial charge in [-0.05, 0) is 61.2 Å². The van der Waals surface area contributed by atoms with Gasteiger partial charge in [0.15, 0.2) is 0 Å². The number of rotatable bonds is 13. The molecule has 13 heteroatoms. The van der Waals surface area contributed by atoms with E-state index in [4.69, 9.17) is 26.2 Å². The minimum absolute atomic E-state index is 0.0765. The number of carboxylic acids is 1. The monoisotopic (exact) mass is 648 g/mol. The standard InChI is InChI=1S/C30H35ClN4O3.C2HF3O2/c1-4-22(36)8-6-5-7-9-27(30-32-18-28(35-30)20-10-12-21(31)13-11-20)34-29(37)17-24-19(2)33-26-15-14-23(38-3)16-25(24)26;3-2(4,5)1(6)7/h10-16,18,27,33H,4-9,17H2,1-3H3,(H,32,35)(H,34,37);(H,6,7)/t27-;/m0./s1. The molecule has 0 radical (unpaired) electrons. The summed E-state index contributed by atoms with van der Waals surface area (Å²) in [6.07, 6.45) is 1.51. The van der Waals surface area contributed by atoms with Gasteiger partial charge in [-0.3, -0.25) is 9.59 Å². The van der Waals surface area contributed by atoms with E-state index in [-0.39, 0.29) is 18.4 Å². The van der Waals surface area contributed by atoms with Gasteiger partial charge in [0.2, 0.25) is 5.91 Å². The Balaban J connectivity index is 0.000000707. The van der Waals surface area contributed by atoms with Gasteiger partial charge >= 0.3 is 12.1 Å². The Morgan fingerprint density at radius 3 is 2.38 bits per heavy atom. The number of hydrogen-bond acceptors (Lipinski definition) is 5. The Hall–Kier alpha value is -4.32. The number of aromatic amines is 2. The summed E-state index contributed by atoms with van der Waals surface area (Å²) in [5.74, 6) is -1.08. The van der Waals surface area contributed by atoms with Crippen molar-refractivity contribution in [1.82, 2.24) is 20.3 Å². The van der Waals surface area contributed by atoms with Crippen LogP contribution in [0.4, 0.5) is 13.2 Å². The number of aromatic nitrogens is 3. The van der Waals surface area contributed by atoms with E-state index in [1.807, 2.05) is 56.3 Å². The number of ketones is 1. The fraction of sp³-hybridized carbons (Fsp3) is 0.375. The summed E-state index contributed by atoms with van der Waals surface area (Å²) >= 11 is 6.04. The minimum atomic E-state index is -5.08. The first-order valence-corrected chi connectivity index (χ1v) is 14.8. The summed E-state index contributed by atoms with van der Waals surface area (Å²) < 4.78 is 37.1. The number of methoxy groups -OCH3 is 1. The molecular formula is C32H36ClF3N4O5. The molecule has 1 amide bonds. The van der Waals surface area contributed by atoms with Crippen LogP contribution in [0.1, 0.15) is 68.6 Å². The van der Waals surface area contributed by atoms with Crippen molar-refractivity contribution in [2.75, 3.05) is 7.11 Å². The predicted molar refractivity (Wildman–Crippen MR) is 165 cm³/mol. The van der Waals surface area contributed by atoms with E-state index in [1.165, 1.54) is 0 Å². The molecular weight excluding hydrogens is 613 g/mol. The number of nitrogens with one attached hydrogen (secondary N) is 3. The van der Waals surface area contributed by atoms with Crippen LogP contribution in [0.5, 0.6) is 5.75 Å². The number of nitrogens with zero attached hydrogens (tertiary/aromatic N) is 1. The number of amides is 1. The normalized spacial score (nSPS) is 11.9. The molecule has 0 saturated carbocycles. The summed E-state index contributed by atoms with van der Waals surface area (Å²) in [5.41, 5.74) is 4.73. The van der Waals surface area contributed by atoms with Crippen molar-refractivity contribution in [2.45, 2.75) is 71.0 Å². The maximum absolute atomic E-state index is 13.3. The Morgan fingerprint density at radius 2 is 1.76 bits per heavy atom. The van der Waals surface area contributed by atoms with Crippen LogP contribution in [0.3, 0.4) is 0 Å². The van der Waals surface area contributed by atoms with E-state index in [1.54, 1.807) is 13.3 Å². The highest BCUT2D eigenvalue weighted by molar-refractivity contribution is 6.30. The number of ether oxygens (including phenoxy) is 1. The first kappa shape index (κ1) is 35.2. The van der Waals surface area contributed by atoms with Crippen LogP contribution >= 0.6 is 11.6 Å². The van der Waals surface area contributed by atoms with Gasteiger partial charge in [0.05, 0.1) is 31.5 Å². The third-order valence-corrected chi connectivity index (χ3v) is 7.42. The van der Waals surface area contributed by atoms with Gasteiger partial charge in [-0.1, -0.05) is 43.5 Å². The fourth-order valence-corrected chi connectivity index (χ4v) is 4.84. The van der Waals surface area contributed by atoms with Crippen LogP contribution in [0.25, 0.3) is 22.2 Å². The van der Waals surface area contributed by atoms with Crippen LogP contribution in [-0.2, 0) is 20.8 Å². The minimum Gasteiger partial charge on any atom is -0.497 e. The molecule has 0 spiro atoms. The molecule has 0 fully saturated rings. The molecule has 0 aliphatic rings. The number of carboxylic acid groups (broad SMARTS) is 1. The number of halogens is 4. The summed E-state index contributed by atoms with van der Waals surface area (Å²) in [7, 11) is 1.64. The number of carbonyl (C=O) groups is 3. The molecule has 0 saturated heterocycles. The zero-order valence-electron chi connectivity index (χ0n) is 25.2. The second-order valence-corrected chi connectivity index (χ2v) is 10.9. The molecule has 0 aliphatic carbocycles. The number of Topliss-reactive ketones (excluding diaryl/α,β-unsaturated/α-hetero) is 1. The van der Waals surface area contributed by atoms with Gasteiger partial charge in [0, 0.05) is 34.5 Å². The number of imidazole rings is 1. The lowest BCUT2D eigenvalue weighted by atomic mass is 10.0. The number of carbonyl (C=O) groups excluding carboxylic acids is 2. The van der Waals surface area contributed by atoms with E-state index >= 15 is 0 Å². The lowest BCUT2D eigenvalue weighted by Crippen LogP contribution is -2.30. The molecule has 2 aromatic carbocycles. The number of hydrogen-bond donors (Lipinski definition) is 4. The highest BCUT2D eigenvalue weighted by atomic mass is 35.5. The van der Waals surface area contributed by atoms with Crippen molar-refractivity contribution in [3.63, 3.8) is 0 Å². The van der Waals surface area contributed by atoms with Gasteiger partial charge in [-0.25, -0.2) is 9.78 Å². The third kappa shape index (κ3) is 10.4. The number of aryl methyl sites for hydroxylation is 1. The highest BCUT2D eigenvalue weighted by Crippen LogP contribution is 2.28. The van der Waals surface area contributed by atoms with Crippen LogP contribution < -0.4 is 10.1 Å². The number of unbranched alkanes of at least 4 members (excludes halogenated alkanes) is 2. The Labute approximate surface area is 263 Å². The van der Waals surface area contributed by atoms with Crippen LogP contribution in [0.15, 0.2) is 48.7 Å². The number of alkyl halides is 3. The Morgan fingerprint density at radius 1 is 1.07 bits per heavy atom. The molecule has 4 N–H and O–H groups in total. The zero-order valence-corrected chi connectivity index (χ0v) is 25.9. The average molecular weight is 649 g/mol. The maximum atomic E-state index is 13.3. The van der Waals surface area contributed by atoms with E-state index in [2.05, 4.69) is 20.3 Å². The predicted octanol–water partition coefficient (Wildman–Crippen LogP) is 7.49. The van der Waals surface area contributed by atoms with Crippen molar-refractivity contribution in [2.24, 2.45) is 0 Å². The van der Waals surface area contributed by atoms with Crippen molar-refractivity contribution >= 4 is 40.2 Å².